The minimum Gasteiger partial charge on any atom is -0.466 e. The molecular weight excluding hydrogens is 232 g/mol. The standard InChI is InChI=1S/C18H30O/c1-15(17(3)11-7-5-8-12-17)19-16(2)18(4)13-9-6-10-14-18/h1-2,5-14H2,3-4H3. The molecule has 0 aliphatic heterocycles. The molecule has 0 aromatic heterocycles. The lowest BCUT2D eigenvalue weighted by molar-refractivity contribution is 0.0952. The lowest BCUT2D eigenvalue weighted by Gasteiger charge is -2.39. The maximum Gasteiger partial charge on any atom is 0.102 e. The van der Waals surface area contributed by atoms with Gasteiger partial charge in [-0.3, -0.25) is 0 Å². The summed E-state index contributed by atoms with van der Waals surface area (Å²) in [5.74, 6) is 1.92. The van der Waals surface area contributed by atoms with Gasteiger partial charge < -0.3 is 4.74 Å². The minimum absolute atomic E-state index is 0.173. The molecule has 0 heterocycles. The zero-order chi connectivity index (χ0) is 13.9. The van der Waals surface area contributed by atoms with E-state index in [1.807, 2.05) is 0 Å². The van der Waals surface area contributed by atoms with Gasteiger partial charge in [-0.1, -0.05) is 65.5 Å². The molecule has 108 valence electrons. The third kappa shape index (κ3) is 3.24. The van der Waals surface area contributed by atoms with E-state index < -0.39 is 0 Å². The predicted molar refractivity (Wildman–Crippen MR) is 81.7 cm³/mol. The Morgan fingerprint density at radius 1 is 0.684 bits per heavy atom. The van der Waals surface area contributed by atoms with Gasteiger partial charge >= 0.3 is 0 Å². The van der Waals surface area contributed by atoms with Crippen LogP contribution in [0.1, 0.15) is 78.1 Å². The molecule has 0 atom stereocenters. The van der Waals surface area contributed by atoms with E-state index in [0.717, 1.165) is 11.5 Å². The van der Waals surface area contributed by atoms with E-state index in [0.29, 0.717) is 0 Å². The van der Waals surface area contributed by atoms with Crippen LogP contribution in [0.4, 0.5) is 0 Å². The van der Waals surface area contributed by atoms with E-state index >= 15 is 0 Å². The number of hydrogen-bond acceptors (Lipinski definition) is 1. The first kappa shape index (κ1) is 14.7. The first-order valence-corrected chi connectivity index (χ1v) is 8.03. The van der Waals surface area contributed by atoms with Crippen LogP contribution in [0.2, 0.25) is 0 Å². The first-order chi connectivity index (χ1) is 8.96. The molecule has 0 amide bonds. The lowest BCUT2D eigenvalue weighted by Crippen LogP contribution is -2.28. The van der Waals surface area contributed by atoms with Crippen molar-refractivity contribution in [3.63, 3.8) is 0 Å². The molecule has 2 fully saturated rings. The molecule has 0 aromatic rings. The largest absolute Gasteiger partial charge is 0.466 e. The van der Waals surface area contributed by atoms with E-state index in [4.69, 9.17) is 4.74 Å². The van der Waals surface area contributed by atoms with Gasteiger partial charge in [0.25, 0.3) is 0 Å². The number of rotatable bonds is 4. The summed E-state index contributed by atoms with van der Waals surface area (Å²) in [7, 11) is 0. The topological polar surface area (TPSA) is 9.23 Å². The van der Waals surface area contributed by atoms with Crippen molar-refractivity contribution in [2.45, 2.75) is 78.1 Å². The van der Waals surface area contributed by atoms with Crippen LogP contribution in [0.25, 0.3) is 0 Å². The zero-order valence-electron chi connectivity index (χ0n) is 12.9. The van der Waals surface area contributed by atoms with E-state index in [2.05, 4.69) is 27.0 Å². The molecule has 0 unspecified atom stereocenters. The zero-order valence-corrected chi connectivity index (χ0v) is 12.9. The maximum absolute atomic E-state index is 6.15. The molecule has 2 aliphatic carbocycles. The molecular formula is C18H30O. The molecule has 0 saturated heterocycles. The van der Waals surface area contributed by atoms with Crippen molar-refractivity contribution in [2.75, 3.05) is 0 Å². The van der Waals surface area contributed by atoms with Crippen molar-refractivity contribution in [3.05, 3.63) is 24.7 Å². The van der Waals surface area contributed by atoms with Crippen molar-refractivity contribution in [3.8, 4) is 0 Å². The highest BCUT2D eigenvalue weighted by Crippen LogP contribution is 2.46. The second kappa shape index (κ2) is 5.73. The molecule has 0 radical (unpaired) electrons. The van der Waals surface area contributed by atoms with Crippen molar-refractivity contribution >= 4 is 0 Å². The average Bonchev–Trinajstić information content (AvgIpc) is 2.40. The molecule has 1 nitrogen and oxygen atoms in total. The Morgan fingerprint density at radius 2 is 1.00 bits per heavy atom. The van der Waals surface area contributed by atoms with Crippen LogP contribution in [0.3, 0.4) is 0 Å². The molecule has 2 aliphatic rings. The van der Waals surface area contributed by atoms with Gasteiger partial charge in [0.2, 0.25) is 0 Å². The fourth-order valence-corrected chi connectivity index (χ4v) is 3.62. The van der Waals surface area contributed by atoms with Gasteiger partial charge in [-0.15, -0.1) is 0 Å². The molecule has 1 heteroatoms. The lowest BCUT2D eigenvalue weighted by atomic mass is 9.73. The summed E-state index contributed by atoms with van der Waals surface area (Å²) in [5.41, 5.74) is 0.346. The van der Waals surface area contributed by atoms with Gasteiger partial charge in [0.05, 0.1) is 0 Å². The molecule has 2 rings (SSSR count). The normalized spacial score (nSPS) is 25.6. The van der Waals surface area contributed by atoms with Gasteiger partial charge in [0.15, 0.2) is 0 Å². The van der Waals surface area contributed by atoms with Crippen LogP contribution in [0.5, 0.6) is 0 Å². The Labute approximate surface area is 119 Å². The van der Waals surface area contributed by atoms with Gasteiger partial charge in [-0.05, 0) is 25.7 Å². The highest BCUT2D eigenvalue weighted by atomic mass is 16.5. The highest BCUT2D eigenvalue weighted by Gasteiger charge is 2.36. The third-order valence-corrected chi connectivity index (χ3v) is 5.51. The summed E-state index contributed by atoms with van der Waals surface area (Å²) < 4.78 is 6.15. The summed E-state index contributed by atoms with van der Waals surface area (Å²) in [6.07, 6.45) is 12.8. The average molecular weight is 262 g/mol. The van der Waals surface area contributed by atoms with E-state index in [1.54, 1.807) is 0 Å². The SMILES string of the molecule is C=C(OC(=C)C1(C)CCCCC1)C1(C)CCCCC1. The predicted octanol–water partition coefficient (Wildman–Crippen LogP) is 5.97. The van der Waals surface area contributed by atoms with Crippen LogP contribution >= 0.6 is 0 Å². The van der Waals surface area contributed by atoms with E-state index in [-0.39, 0.29) is 10.8 Å². The number of ether oxygens (including phenoxy) is 1. The van der Waals surface area contributed by atoms with Crippen LogP contribution < -0.4 is 0 Å². The number of allylic oxidation sites excluding steroid dienone is 2. The second-order valence-corrected chi connectivity index (χ2v) is 7.19. The summed E-state index contributed by atoms with van der Waals surface area (Å²) in [5, 5.41) is 0. The Hall–Kier alpha value is -0.720. The van der Waals surface area contributed by atoms with Crippen molar-refractivity contribution in [2.24, 2.45) is 10.8 Å². The van der Waals surface area contributed by atoms with Crippen LogP contribution in [0.15, 0.2) is 24.7 Å². The summed E-state index contributed by atoms with van der Waals surface area (Å²) in [6, 6.07) is 0. The van der Waals surface area contributed by atoms with Gasteiger partial charge in [0, 0.05) is 10.8 Å². The Morgan fingerprint density at radius 3 is 1.32 bits per heavy atom. The number of hydrogen-bond donors (Lipinski definition) is 0. The molecule has 19 heavy (non-hydrogen) atoms. The molecule has 2 saturated carbocycles. The van der Waals surface area contributed by atoms with E-state index in [1.165, 1.54) is 64.2 Å². The van der Waals surface area contributed by atoms with Crippen LogP contribution in [-0.2, 0) is 4.74 Å². The van der Waals surface area contributed by atoms with Gasteiger partial charge in [0.1, 0.15) is 11.5 Å². The first-order valence-electron chi connectivity index (χ1n) is 8.03. The van der Waals surface area contributed by atoms with Crippen LogP contribution in [0, 0.1) is 10.8 Å². The minimum atomic E-state index is 0.173. The maximum atomic E-state index is 6.15. The molecule has 0 spiro atoms. The van der Waals surface area contributed by atoms with Crippen LogP contribution in [-0.4, -0.2) is 0 Å². The van der Waals surface area contributed by atoms with E-state index in [9.17, 15) is 0 Å². The quantitative estimate of drug-likeness (QED) is 0.567. The smallest absolute Gasteiger partial charge is 0.102 e. The Kier molecular flexibility index (Phi) is 4.43. The Bertz CT molecular complexity index is 307. The fourth-order valence-electron chi connectivity index (χ4n) is 3.62. The second-order valence-electron chi connectivity index (χ2n) is 7.19. The fraction of sp³-hybridized carbons (Fsp3) is 0.778. The molecule has 0 N–H and O–H groups in total. The summed E-state index contributed by atoms with van der Waals surface area (Å²) in [4.78, 5) is 0. The van der Waals surface area contributed by atoms with Gasteiger partial charge in [-0.2, -0.15) is 0 Å². The Balaban J connectivity index is 1.96. The summed E-state index contributed by atoms with van der Waals surface area (Å²) in [6.45, 7) is 13.1. The summed E-state index contributed by atoms with van der Waals surface area (Å²) >= 11 is 0. The monoisotopic (exact) mass is 262 g/mol. The van der Waals surface area contributed by atoms with Crippen molar-refractivity contribution in [1.82, 2.24) is 0 Å². The van der Waals surface area contributed by atoms with Gasteiger partial charge in [-0.25, -0.2) is 0 Å². The molecule has 0 aromatic carbocycles. The van der Waals surface area contributed by atoms with Crippen molar-refractivity contribution < 1.29 is 4.74 Å². The molecule has 0 bridgehead atoms. The highest BCUT2D eigenvalue weighted by molar-refractivity contribution is 5.11. The van der Waals surface area contributed by atoms with Crippen molar-refractivity contribution in [1.29, 1.82) is 0 Å². The third-order valence-electron chi connectivity index (χ3n) is 5.51.